The highest BCUT2D eigenvalue weighted by molar-refractivity contribution is 8.02. The van der Waals surface area contributed by atoms with Crippen molar-refractivity contribution in [3.05, 3.63) is 35.0 Å². The molecule has 11 heteroatoms. The number of rotatable bonds is 6. The minimum Gasteiger partial charge on any atom is -0.477 e. The molecule has 1 saturated heterocycles. The first-order chi connectivity index (χ1) is 13.4. The van der Waals surface area contributed by atoms with E-state index in [1.807, 2.05) is 13.8 Å². The topological polar surface area (TPSA) is 145 Å². The van der Waals surface area contributed by atoms with Gasteiger partial charge in [-0.05, 0) is 5.57 Å². The Kier molecular flexibility index (Phi) is 7.33. The highest BCUT2D eigenvalue weighted by atomic mass is 32.2. The molecule has 3 aliphatic heterocycles. The third-order valence-corrected chi connectivity index (χ3v) is 6.35. The van der Waals surface area contributed by atoms with Gasteiger partial charge in [0.05, 0.1) is 17.0 Å². The molecule has 0 aliphatic carbocycles. The summed E-state index contributed by atoms with van der Waals surface area (Å²) in [5.74, 6) is -2.44. The molecule has 3 atom stereocenters. The largest absolute Gasteiger partial charge is 0.477 e. The van der Waals surface area contributed by atoms with E-state index in [-0.39, 0.29) is 17.8 Å². The van der Waals surface area contributed by atoms with Crippen LogP contribution in [0.15, 0.2) is 40.2 Å². The maximum atomic E-state index is 12.5. The quantitative estimate of drug-likeness (QED) is 0.213. The van der Waals surface area contributed by atoms with Gasteiger partial charge < -0.3 is 21.4 Å². The molecule has 0 spiro atoms. The van der Waals surface area contributed by atoms with E-state index in [0.29, 0.717) is 17.0 Å². The lowest BCUT2D eigenvalue weighted by molar-refractivity contribution is -0.153. The van der Waals surface area contributed by atoms with Crippen LogP contribution in [0.1, 0.15) is 20.3 Å². The van der Waals surface area contributed by atoms with Gasteiger partial charge in [-0.3, -0.25) is 14.5 Å². The Morgan fingerprint density at radius 2 is 2.18 bits per heavy atom. The van der Waals surface area contributed by atoms with Crippen LogP contribution >= 0.6 is 23.5 Å². The zero-order valence-corrected chi connectivity index (χ0v) is 17.0. The second kappa shape index (κ2) is 9.30. The number of fused-ring (bicyclic) bond motifs is 1. The average Bonchev–Trinajstić information content (AvgIpc) is 3.12. The van der Waals surface area contributed by atoms with E-state index >= 15 is 0 Å². The fourth-order valence-electron chi connectivity index (χ4n) is 2.98. The summed E-state index contributed by atoms with van der Waals surface area (Å²) < 4.78 is 0. The molecule has 3 aliphatic rings. The number of carboxylic acids is 1. The van der Waals surface area contributed by atoms with Gasteiger partial charge in [-0.15, -0.1) is 11.8 Å². The Hall–Kier alpha value is -2.24. The number of aliphatic carboxylic acids is 1. The van der Waals surface area contributed by atoms with Crippen molar-refractivity contribution in [3.8, 4) is 0 Å². The number of nitrogens with zero attached hydrogens (tertiary/aromatic N) is 2. The molecule has 0 aromatic heterocycles. The molecule has 9 nitrogen and oxygen atoms in total. The number of nitrogens with one attached hydrogen (secondary N) is 1. The molecule has 28 heavy (non-hydrogen) atoms. The van der Waals surface area contributed by atoms with Gasteiger partial charge >= 0.3 is 5.97 Å². The van der Waals surface area contributed by atoms with E-state index in [0.717, 1.165) is 0 Å². The van der Waals surface area contributed by atoms with E-state index in [4.69, 9.17) is 10.9 Å². The molecule has 5 N–H and O–H groups in total. The number of hydrogen-bond donors (Lipinski definition) is 4. The van der Waals surface area contributed by atoms with Gasteiger partial charge in [-0.25, -0.2) is 4.79 Å². The predicted molar refractivity (Wildman–Crippen MR) is 108 cm³/mol. The van der Waals surface area contributed by atoms with Crippen LogP contribution in [-0.2, 0) is 14.4 Å². The van der Waals surface area contributed by atoms with Gasteiger partial charge in [0.1, 0.15) is 11.2 Å². The number of nitrogens with two attached hydrogens (primary N) is 1. The molecule has 0 saturated carbocycles. The number of β-lactam (4-membered cyclic amide) rings is 1. The monoisotopic (exact) mass is 426 g/mol. The van der Waals surface area contributed by atoms with Crippen molar-refractivity contribution in [2.24, 2.45) is 16.8 Å². The fraction of sp³-hybridized carbons (Fsp3) is 0.412. The normalized spacial score (nSPS) is 26.3. The summed E-state index contributed by atoms with van der Waals surface area (Å²) in [5, 5.41) is 25.5. The number of ketones is 1. The summed E-state index contributed by atoms with van der Waals surface area (Å²) in [6, 6.07) is 0. The van der Waals surface area contributed by atoms with Crippen LogP contribution in [0.5, 0.6) is 0 Å². The lowest BCUT2D eigenvalue weighted by Crippen LogP contribution is -2.62. The summed E-state index contributed by atoms with van der Waals surface area (Å²) in [5.41, 5.74) is 5.71. The van der Waals surface area contributed by atoms with Gasteiger partial charge in [0.2, 0.25) is 5.91 Å². The minimum absolute atomic E-state index is 0.0870. The van der Waals surface area contributed by atoms with E-state index < -0.39 is 34.4 Å². The van der Waals surface area contributed by atoms with Gasteiger partial charge in [0, 0.05) is 17.6 Å². The number of hydrogen-bond acceptors (Lipinski definition) is 9. The lowest BCUT2D eigenvalue weighted by atomic mass is 9.89. The SMILES string of the molecule is C=CC1=C(C(=O)O)N2C(=O)C(CC(=O)/C(=N\O)C3=CSC(N)N3)C2SC1.CC. The molecule has 0 aromatic rings. The number of amides is 1. The highest BCUT2D eigenvalue weighted by Crippen LogP contribution is 2.45. The smallest absolute Gasteiger partial charge is 0.352 e. The van der Waals surface area contributed by atoms with Crippen LogP contribution in [0.2, 0.25) is 0 Å². The number of Topliss-reactive ketones (excluding diaryl/α,β-unsaturated/α-hetero) is 1. The third-order valence-electron chi connectivity index (χ3n) is 4.21. The molecule has 0 radical (unpaired) electrons. The average molecular weight is 427 g/mol. The molecular formula is C17H22N4O5S2. The zero-order chi connectivity index (χ0) is 21.0. The van der Waals surface area contributed by atoms with Crippen LogP contribution in [0.25, 0.3) is 0 Å². The molecule has 3 rings (SSSR count). The molecule has 3 unspecified atom stereocenters. The number of carbonyl (C=O) groups excluding carboxylic acids is 2. The molecule has 3 heterocycles. The number of oxime groups is 1. The minimum atomic E-state index is -1.20. The Morgan fingerprint density at radius 3 is 2.68 bits per heavy atom. The Balaban J connectivity index is 0.00000136. The first kappa shape index (κ1) is 22.1. The Morgan fingerprint density at radius 1 is 1.50 bits per heavy atom. The maximum Gasteiger partial charge on any atom is 0.352 e. The molecule has 0 bridgehead atoms. The van der Waals surface area contributed by atoms with Crippen LogP contribution in [0, 0.1) is 5.92 Å². The number of thioether (sulfide) groups is 2. The van der Waals surface area contributed by atoms with Crippen molar-refractivity contribution in [3.63, 3.8) is 0 Å². The van der Waals surface area contributed by atoms with Crippen molar-refractivity contribution in [1.29, 1.82) is 0 Å². The summed E-state index contributed by atoms with van der Waals surface area (Å²) in [4.78, 5) is 37.6. The maximum absolute atomic E-state index is 12.5. The summed E-state index contributed by atoms with van der Waals surface area (Å²) >= 11 is 2.61. The van der Waals surface area contributed by atoms with Gasteiger partial charge in [-0.2, -0.15) is 0 Å². The van der Waals surface area contributed by atoms with Crippen LogP contribution in [0.4, 0.5) is 0 Å². The van der Waals surface area contributed by atoms with Crippen LogP contribution < -0.4 is 11.1 Å². The standard InChI is InChI=1S/C15H16N4O5S2.C2H6/c1-2-6-4-25-13-7(12(21)19(13)11(6)14(22)23)3-9(20)10(18-24)8-5-26-15(16)17-8;1-2/h2,5,7,13,15,17,24H,1,3-4,16H2,(H,22,23);1-2H3/b18-10-;. The first-order valence-electron chi connectivity index (χ1n) is 8.56. The summed E-state index contributed by atoms with van der Waals surface area (Å²) in [7, 11) is 0. The van der Waals surface area contributed by atoms with E-state index in [2.05, 4.69) is 17.1 Å². The third kappa shape index (κ3) is 3.96. The number of carbonyl (C=O) groups is 3. The summed E-state index contributed by atoms with van der Waals surface area (Å²) in [6.07, 6.45) is 1.25. The van der Waals surface area contributed by atoms with Crippen LogP contribution in [0.3, 0.4) is 0 Å². The highest BCUT2D eigenvalue weighted by Gasteiger charge is 2.53. The van der Waals surface area contributed by atoms with Crippen molar-refractivity contribution in [1.82, 2.24) is 10.2 Å². The van der Waals surface area contributed by atoms with Crippen molar-refractivity contribution >= 4 is 46.9 Å². The zero-order valence-electron chi connectivity index (χ0n) is 15.4. The molecule has 0 aromatic carbocycles. The fourth-order valence-corrected chi connectivity index (χ4v) is 5.04. The van der Waals surface area contributed by atoms with Crippen molar-refractivity contribution < 1.29 is 24.7 Å². The van der Waals surface area contributed by atoms with Crippen molar-refractivity contribution in [2.45, 2.75) is 31.1 Å². The number of carboxylic acid groups (broad SMARTS) is 1. The molecule has 1 amide bonds. The molecular weight excluding hydrogens is 404 g/mol. The predicted octanol–water partition coefficient (Wildman–Crippen LogP) is 1.28. The van der Waals surface area contributed by atoms with Crippen LogP contribution in [-0.4, -0.2) is 55.2 Å². The Bertz CT molecular complexity index is 792. The summed E-state index contributed by atoms with van der Waals surface area (Å²) in [6.45, 7) is 7.58. The molecule has 1 fully saturated rings. The number of allylic oxidation sites excluding steroid dienone is 2. The van der Waals surface area contributed by atoms with E-state index in [1.165, 1.54) is 34.5 Å². The Labute approximate surface area is 170 Å². The second-order valence-electron chi connectivity index (χ2n) is 5.71. The van der Waals surface area contributed by atoms with Gasteiger partial charge in [-0.1, -0.05) is 43.4 Å². The van der Waals surface area contributed by atoms with E-state index in [1.54, 1.807) is 5.41 Å². The van der Waals surface area contributed by atoms with Gasteiger partial charge in [0.25, 0.3) is 0 Å². The van der Waals surface area contributed by atoms with E-state index in [9.17, 15) is 19.5 Å². The lowest BCUT2D eigenvalue weighted by Gasteiger charge is -2.49. The first-order valence-corrected chi connectivity index (χ1v) is 10.5. The van der Waals surface area contributed by atoms with Gasteiger partial charge in [0.15, 0.2) is 11.5 Å². The second-order valence-corrected chi connectivity index (χ2v) is 7.83. The van der Waals surface area contributed by atoms with Crippen molar-refractivity contribution in [2.75, 3.05) is 5.75 Å². The molecule has 152 valence electrons.